The summed E-state index contributed by atoms with van der Waals surface area (Å²) in [6.45, 7) is -0.562. The van der Waals surface area contributed by atoms with E-state index >= 15 is 0 Å². The van der Waals surface area contributed by atoms with Gasteiger partial charge < -0.3 is 10.0 Å². The molecule has 2 nitrogen and oxygen atoms in total. The van der Waals surface area contributed by atoms with Gasteiger partial charge in [-0.05, 0) is 19.2 Å². The van der Waals surface area contributed by atoms with Crippen LogP contribution < -0.4 is 5.46 Å². The van der Waals surface area contributed by atoms with E-state index in [9.17, 15) is 0 Å². The summed E-state index contributed by atoms with van der Waals surface area (Å²) < 4.78 is 21.6. The molecule has 0 aliphatic carbocycles. The van der Waals surface area contributed by atoms with E-state index in [0.717, 1.165) is 5.56 Å². The van der Waals surface area contributed by atoms with E-state index in [0.29, 0.717) is 0 Å². The van der Waals surface area contributed by atoms with E-state index in [4.69, 9.17) is 14.2 Å². The van der Waals surface area contributed by atoms with Crippen LogP contribution in [0.15, 0.2) is 18.2 Å². The van der Waals surface area contributed by atoms with Crippen molar-refractivity contribution in [3.63, 3.8) is 0 Å². The zero-order valence-corrected chi connectivity index (χ0v) is 6.20. The summed E-state index contributed by atoms with van der Waals surface area (Å²) in [5.74, 6) is 0. The Bertz CT molecular complexity index is 336. The first-order chi connectivity index (χ1) is 6.32. The predicted octanol–water partition coefficient (Wildman–Crippen LogP) is -0.0168. The zero-order valence-electron chi connectivity index (χ0n) is 9.20. The number of benzene rings is 1. The Balaban J connectivity index is 3.30. The highest BCUT2D eigenvalue weighted by Gasteiger charge is 2.12. The molecular weight excluding hydrogens is 139 g/mol. The van der Waals surface area contributed by atoms with Crippen LogP contribution in [-0.2, 0) is 0 Å². The Morgan fingerprint density at radius 3 is 2.73 bits per heavy atom. The summed E-state index contributed by atoms with van der Waals surface area (Å²) in [6.07, 6.45) is 0. The summed E-state index contributed by atoms with van der Waals surface area (Å²) in [5, 5.41) is 17.9. The maximum absolute atomic E-state index is 8.96. The van der Waals surface area contributed by atoms with Gasteiger partial charge >= 0.3 is 7.12 Å². The van der Waals surface area contributed by atoms with E-state index < -0.39 is 14.0 Å². The lowest BCUT2D eigenvalue weighted by Crippen LogP contribution is -2.31. The van der Waals surface area contributed by atoms with E-state index in [1.54, 1.807) is 13.0 Å². The van der Waals surface area contributed by atoms with Crippen molar-refractivity contribution in [2.75, 3.05) is 0 Å². The van der Waals surface area contributed by atoms with Gasteiger partial charge in [0, 0.05) is 4.11 Å². The molecule has 0 fully saturated rings. The molecule has 1 rings (SSSR count). The van der Waals surface area contributed by atoms with Crippen molar-refractivity contribution >= 4 is 12.6 Å². The summed E-state index contributed by atoms with van der Waals surface area (Å²) >= 11 is 0. The second-order valence-corrected chi connectivity index (χ2v) is 2.46. The lowest BCUT2D eigenvalue weighted by Gasteiger charge is -2.04. The topological polar surface area (TPSA) is 40.5 Å². The summed E-state index contributed by atoms with van der Waals surface area (Å²) in [6, 6.07) is 4.51. The van der Waals surface area contributed by atoms with Crippen LogP contribution in [-0.4, -0.2) is 17.2 Å². The van der Waals surface area contributed by atoms with Gasteiger partial charge in [0.15, 0.2) is 0 Å². The Morgan fingerprint density at radius 1 is 1.45 bits per heavy atom. The van der Waals surface area contributed by atoms with Crippen LogP contribution in [0, 0.1) is 13.8 Å². The van der Waals surface area contributed by atoms with Crippen LogP contribution in [0.4, 0.5) is 0 Å². The van der Waals surface area contributed by atoms with Crippen LogP contribution in [0.5, 0.6) is 0 Å². The normalized spacial score (nSPS) is 15.0. The molecule has 11 heavy (non-hydrogen) atoms. The van der Waals surface area contributed by atoms with E-state index in [2.05, 4.69) is 0 Å². The average molecular weight is 153 g/mol. The lowest BCUT2D eigenvalue weighted by atomic mass is 9.77. The van der Waals surface area contributed by atoms with Gasteiger partial charge in [0.25, 0.3) is 0 Å². The fraction of sp³-hybridized carbons (Fsp3) is 0.250. The third-order valence-corrected chi connectivity index (χ3v) is 1.49. The zero-order chi connectivity index (χ0) is 10.9. The first kappa shape index (κ1) is 4.96. The van der Waals surface area contributed by atoms with E-state index in [1.807, 2.05) is 0 Å². The highest BCUT2D eigenvalue weighted by atomic mass is 16.4. The average Bonchev–Trinajstić information content (AvgIpc) is 2.01. The number of aryl methyl sites for hydroxylation is 2. The van der Waals surface area contributed by atoms with Gasteiger partial charge in [0.05, 0.1) is 0 Å². The van der Waals surface area contributed by atoms with Crippen molar-refractivity contribution in [1.82, 2.24) is 0 Å². The van der Waals surface area contributed by atoms with Gasteiger partial charge in [-0.3, -0.25) is 0 Å². The fourth-order valence-corrected chi connectivity index (χ4v) is 0.895. The summed E-state index contributed by atoms with van der Waals surface area (Å²) in [5.41, 5.74) is 0.809. The minimum absolute atomic E-state index is 0.00694. The Hall–Kier alpha value is -0.795. The van der Waals surface area contributed by atoms with Crippen molar-refractivity contribution in [2.45, 2.75) is 13.8 Å². The molecule has 0 amide bonds. The Kier molecular flexibility index (Phi) is 1.38. The van der Waals surface area contributed by atoms with Crippen LogP contribution >= 0.6 is 0 Å². The van der Waals surface area contributed by atoms with Gasteiger partial charge in [-0.1, -0.05) is 29.3 Å². The third kappa shape index (κ3) is 1.82. The molecule has 0 radical (unpaired) electrons. The SMILES string of the molecule is [2H]C([2H])([2H])c1cc(C)ccc1B(O)O. The molecule has 58 valence electrons. The molecule has 0 aliphatic rings. The van der Waals surface area contributed by atoms with Crippen LogP contribution in [0.25, 0.3) is 0 Å². The Labute approximate surface area is 70.9 Å². The van der Waals surface area contributed by atoms with Crippen LogP contribution in [0.1, 0.15) is 15.2 Å². The summed E-state index contributed by atoms with van der Waals surface area (Å²) in [7, 11) is -1.74. The highest BCUT2D eigenvalue weighted by Crippen LogP contribution is 1.99. The standard InChI is InChI=1S/C8H11BO2/c1-6-3-4-8(9(10)11)7(2)5-6/h3-5,10-11H,1-2H3/i2D3. The molecular formula is C8H11BO2. The van der Waals surface area contributed by atoms with Gasteiger partial charge in [0.1, 0.15) is 0 Å². The molecule has 0 aliphatic heterocycles. The van der Waals surface area contributed by atoms with E-state index in [-0.39, 0.29) is 11.0 Å². The smallest absolute Gasteiger partial charge is 0.423 e. The molecule has 1 aromatic rings. The third-order valence-electron chi connectivity index (χ3n) is 1.49. The molecule has 0 heterocycles. The van der Waals surface area contributed by atoms with Crippen molar-refractivity contribution in [1.29, 1.82) is 0 Å². The fourth-order valence-electron chi connectivity index (χ4n) is 0.895. The second kappa shape index (κ2) is 3.07. The first-order valence-electron chi connectivity index (χ1n) is 4.79. The van der Waals surface area contributed by atoms with E-state index in [1.165, 1.54) is 12.1 Å². The van der Waals surface area contributed by atoms with Gasteiger partial charge in [-0.25, -0.2) is 0 Å². The molecule has 0 saturated carbocycles. The van der Waals surface area contributed by atoms with Gasteiger partial charge in [-0.2, -0.15) is 0 Å². The van der Waals surface area contributed by atoms with Crippen molar-refractivity contribution in [3.8, 4) is 0 Å². The van der Waals surface area contributed by atoms with Crippen molar-refractivity contribution in [2.24, 2.45) is 0 Å². The minimum Gasteiger partial charge on any atom is -0.423 e. The van der Waals surface area contributed by atoms with Gasteiger partial charge in [0.2, 0.25) is 0 Å². The van der Waals surface area contributed by atoms with Crippen LogP contribution in [0.3, 0.4) is 0 Å². The molecule has 3 heteroatoms. The minimum atomic E-state index is -2.31. The molecule has 0 aromatic heterocycles. The highest BCUT2D eigenvalue weighted by molar-refractivity contribution is 6.59. The summed E-state index contributed by atoms with van der Waals surface area (Å²) in [4.78, 5) is 0. The maximum Gasteiger partial charge on any atom is 0.488 e. The molecule has 0 spiro atoms. The largest absolute Gasteiger partial charge is 0.488 e. The maximum atomic E-state index is 8.96. The predicted molar refractivity (Wildman–Crippen MR) is 45.7 cm³/mol. The van der Waals surface area contributed by atoms with Crippen LogP contribution in [0.2, 0.25) is 0 Å². The van der Waals surface area contributed by atoms with Crippen molar-refractivity contribution < 1.29 is 14.2 Å². The molecule has 2 N–H and O–H groups in total. The quantitative estimate of drug-likeness (QED) is 0.556. The second-order valence-electron chi connectivity index (χ2n) is 2.46. The van der Waals surface area contributed by atoms with Gasteiger partial charge in [-0.15, -0.1) is 0 Å². The molecule has 0 saturated heterocycles. The Morgan fingerprint density at radius 2 is 2.18 bits per heavy atom. The monoisotopic (exact) mass is 153 g/mol. The van der Waals surface area contributed by atoms with Crippen molar-refractivity contribution in [3.05, 3.63) is 29.3 Å². The molecule has 0 bridgehead atoms. The molecule has 1 aromatic carbocycles. The molecule has 0 unspecified atom stereocenters. The first-order valence-corrected chi connectivity index (χ1v) is 3.29. The number of hydrogen-bond donors (Lipinski definition) is 2. The molecule has 0 atom stereocenters. The number of rotatable bonds is 1. The number of hydrogen-bond acceptors (Lipinski definition) is 2. The lowest BCUT2D eigenvalue weighted by molar-refractivity contribution is 0.425.